The van der Waals surface area contributed by atoms with Crippen LogP contribution in [0.4, 0.5) is 5.82 Å². The molecule has 0 saturated carbocycles. The Balaban J connectivity index is 1.48. The number of hydrogen-bond acceptors (Lipinski definition) is 6. The van der Waals surface area contributed by atoms with Gasteiger partial charge in [-0.1, -0.05) is 12.1 Å². The zero-order chi connectivity index (χ0) is 19.2. The van der Waals surface area contributed by atoms with Gasteiger partial charge in [0.1, 0.15) is 12.4 Å². The number of rotatable bonds is 5. The third-order valence-corrected chi connectivity index (χ3v) is 4.65. The van der Waals surface area contributed by atoms with Crippen molar-refractivity contribution in [2.45, 2.75) is 19.4 Å². The van der Waals surface area contributed by atoms with Crippen LogP contribution in [0.15, 0.2) is 42.6 Å². The number of primary amides is 1. The second-order valence-electron chi connectivity index (χ2n) is 6.45. The molecule has 1 amide bonds. The van der Waals surface area contributed by atoms with Gasteiger partial charge in [0.2, 0.25) is 5.91 Å². The van der Waals surface area contributed by atoms with Crippen LogP contribution in [0.5, 0.6) is 0 Å². The summed E-state index contributed by atoms with van der Waals surface area (Å²) in [6.07, 6.45) is 2.84. The summed E-state index contributed by atoms with van der Waals surface area (Å²) in [5.41, 5.74) is 7.03. The van der Waals surface area contributed by atoms with Gasteiger partial charge in [0, 0.05) is 19.3 Å². The maximum absolute atomic E-state index is 12.3. The molecule has 1 aromatic heterocycles. The zero-order valence-corrected chi connectivity index (χ0v) is 14.8. The van der Waals surface area contributed by atoms with Crippen molar-refractivity contribution < 1.29 is 14.3 Å². The highest BCUT2D eigenvalue weighted by Gasteiger charge is 2.26. The number of nitrogens with two attached hydrogens (primary N) is 1. The molecule has 0 bridgehead atoms. The lowest BCUT2D eigenvalue weighted by molar-refractivity contribution is -0.150. The monoisotopic (exact) mass is 364 g/mol. The smallest absolute Gasteiger partial charge is 0.309 e. The third-order valence-electron chi connectivity index (χ3n) is 4.65. The minimum Gasteiger partial charge on any atom is -0.461 e. The molecule has 1 aliphatic heterocycles. The van der Waals surface area contributed by atoms with Crippen molar-refractivity contribution >= 4 is 17.7 Å². The van der Waals surface area contributed by atoms with Crippen molar-refractivity contribution in [1.82, 2.24) is 4.98 Å². The fourth-order valence-electron chi connectivity index (χ4n) is 3.01. The second-order valence-corrected chi connectivity index (χ2v) is 6.45. The number of aromatic nitrogens is 1. The molecular weight excluding hydrogens is 344 g/mol. The van der Waals surface area contributed by atoms with Gasteiger partial charge >= 0.3 is 5.97 Å². The van der Waals surface area contributed by atoms with Crippen molar-refractivity contribution in [1.29, 1.82) is 5.26 Å². The molecule has 0 spiro atoms. The van der Waals surface area contributed by atoms with Crippen LogP contribution in [0.2, 0.25) is 0 Å². The molecule has 1 aromatic carbocycles. The summed E-state index contributed by atoms with van der Waals surface area (Å²) in [6, 6.07) is 12.5. The number of carbonyl (C=O) groups excluding carboxylic acids is 2. The summed E-state index contributed by atoms with van der Waals surface area (Å²) in [5.74, 6) is -0.0669. The number of carbonyl (C=O) groups is 2. The van der Waals surface area contributed by atoms with E-state index in [9.17, 15) is 9.59 Å². The first-order chi connectivity index (χ1) is 13.1. The predicted molar refractivity (Wildman–Crippen MR) is 98.6 cm³/mol. The first-order valence-corrected chi connectivity index (χ1v) is 8.73. The van der Waals surface area contributed by atoms with Crippen molar-refractivity contribution in [3.8, 4) is 6.07 Å². The Hall–Kier alpha value is -3.40. The van der Waals surface area contributed by atoms with Gasteiger partial charge in [0.25, 0.3) is 0 Å². The van der Waals surface area contributed by atoms with Crippen LogP contribution >= 0.6 is 0 Å². The van der Waals surface area contributed by atoms with Crippen LogP contribution < -0.4 is 10.6 Å². The molecule has 138 valence electrons. The number of hydrogen-bond donors (Lipinski definition) is 1. The van der Waals surface area contributed by atoms with Crippen LogP contribution in [-0.4, -0.2) is 29.9 Å². The van der Waals surface area contributed by atoms with Crippen LogP contribution in [0, 0.1) is 17.2 Å². The van der Waals surface area contributed by atoms with E-state index < -0.39 is 5.91 Å². The molecule has 1 saturated heterocycles. The molecule has 0 unspecified atom stereocenters. The summed E-state index contributed by atoms with van der Waals surface area (Å²) in [4.78, 5) is 29.8. The topological polar surface area (TPSA) is 109 Å². The van der Waals surface area contributed by atoms with Gasteiger partial charge in [-0.3, -0.25) is 9.59 Å². The predicted octanol–water partition coefficient (Wildman–Crippen LogP) is 2.01. The first-order valence-electron chi connectivity index (χ1n) is 8.73. The highest BCUT2D eigenvalue weighted by Crippen LogP contribution is 2.23. The van der Waals surface area contributed by atoms with Crippen molar-refractivity contribution in [3.05, 3.63) is 59.3 Å². The molecule has 2 heterocycles. The van der Waals surface area contributed by atoms with Gasteiger partial charge in [-0.2, -0.15) is 5.26 Å². The van der Waals surface area contributed by atoms with E-state index >= 15 is 0 Å². The number of esters is 1. The minimum absolute atomic E-state index is 0.135. The van der Waals surface area contributed by atoms with E-state index in [1.165, 1.54) is 6.20 Å². The molecule has 0 atom stereocenters. The fourth-order valence-corrected chi connectivity index (χ4v) is 3.01. The molecule has 3 rings (SSSR count). The normalized spacial score (nSPS) is 14.4. The number of ether oxygens (including phenoxy) is 1. The lowest BCUT2D eigenvalue weighted by Gasteiger charge is -2.31. The number of anilines is 1. The fraction of sp³-hybridized carbons (Fsp3) is 0.300. The maximum Gasteiger partial charge on any atom is 0.309 e. The molecule has 2 aromatic rings. The third kappa shape index (κ3) is 4.61. The lowest BCUT2D eigenvalue weighted by atomic mass is 9.97. The molecule has 7 nitrogen and oxygen atoms in total. The van der Waals surface area contributed by atoms with Crippen molar-refractivity contribution in [2.75, 3.05) is 18.0 Å². The van der Waals surface area contributed by atoms with E-state index in [0.29, 0.717) is 37.1 Å². The molecular formula is C20H20N4O3. The van der Waals surface area contributed by atoms with E-state index in [2.05, 4.69) is 16.0 Å². The Morgan fingerprint density at radius 1 is 1.19 bits per heavy atom. The Kier molecular flexibility index (Phi) is 5.67. The molecule has 27 heavy (non-hydrogen) atoms. The number of piperidine rings is 1. The Bertz CT molecular complexity index is 848. The van der Waals surface area contributed by atoms with Gasteiger partial charge in [-0.05, 0) is 42.7 Å². The molecule has 0 radical (unpaired) electrons. The average Bonchev–Trinajstić information content (AvgIpc) is 2.72. The molecule has 7 heteroatoms. The standard InChI is InChI=1S/C20H20N4O3/c21-11-14-1-3-15(4-2-14)13-27-20(26)16-7-9-24(10-8-16)18-6-5-17(12-23-18)19(22)25/h1-6,12,16H,7-10,13H2,(H2,22,25). The highest BCUT2D eigenvalue weighted by atomic mass is 16.5. The SMILES string of the molecule is N#Cc1ccc(COC(=O)C2CCN(c3ccc(C(N)=O)cn3)CC2)cc1. The van der Waals surface area contributed by atoms with E-state index in [-0.39, 0.29) is 18.5 Å². The first kappa shape index (κ1) is 18.4. The van der Waals surface area contributed by atoms with Gasteiger partial charge in [-0.15, -0.1) is 0 Å². The van der Waals surface area contributed by atoms with Gasteiger partial charge < -0.3 is 15.4 Å². The molecule has 2 N–H and O–H groups in total. The molecule has 1 fully saturated rings. The van der Waals surface area contributed by atoms with Gasteiger partial charge in [0.05, 0.1) is 23.1 Å². The number of pyridine rings is 1. The van der Waals surface area contributed by atoms with E-state index in [0.717, 1.165) is 11.4 Å². The summed E-state index contributed by atoms with van der Waals surface area (Å²) >= 11 is 0. The lowest BCUT2D eigenvalue weighted by Crippen LogP contribution is -2.37. The summed E-state index contributed by atoms with van der Waals surface area (Å²) < 4.78 is 5.42. The molecule has 0 aliphatic carbocycles. The van der Waals surface area contributed by atoms with E-state index in [4.69, 9.17) is 15.7 Å². The second kappa shape index (κ2) is 8.32. The van der Waals surface area contributed by atoms with Gasteiger partial charge in [0.15, 0.2) is 0 Å². The molecule has 1 aliphatic rings. The van der Waals surface area contributed by atoms with Crippen LogP contribution in [0.3, 0.4) is 0 Å². The maximum atomic E-state index is 12.3. The Morgan fingerprint density at radius 2 is 1.89 bits per heavy atom. The van der Waals surface area contributed by atoms with E-state index in [1.807, 2.05) is 0 Å². The minimum atomic E-state index is -0.502. The quantitative estimate of drug-likeness (QED) is 0.813. The van der Waals surface area contributed by atoms with Crippen LogP contribution in [-0.2, 0) is 16.1 Å². The summed E-state index contributed by atoms with van der Waals surface area (Å²) in [7, 11) is 0. The largest absolute Gasteiger partial charge is 0.461 e. The number of nitriles is 1. The number of amides is 1. The highest BCUT2D eigenvalue weighted by molar-refractivity contribution is 5.92. The summed E-state index contributed by atoms with van der Waals surface area (Å²) in [6.45, 7) is 1.60. The number of benzene rings is 1. The Labute approximate surface area is 157 Å². The van der Waals surface area contributed by atoms with Crippen molar-refractivity contribution in [2.24, 2.45) is 11.7 Å². The zero-order valence-electron chi connectivity index (χ0n) is 14.8. The Morgan fingerprint density at radius 3 is 2.44 bits per heavy atom. The van der Waals surface area contributed by atoms with Gasteiger partial charge in [-0.25, -0.2) is 4.98 Å². The summed E-state index contributed by atoms with van der Waals surface area (Å²) in [5, 5.41) is 8.79. The van der Waals surface area contributed by atoms with Crippen molar-refractivity contribution in [3.63, 3.8) is 0 Å². The van der Waals surface area contributed by atoms with E-state index in [1.54, 1.807) is 36.4 Å². The van der Waals surface area contributed by atoms with Crippen LogP contribution in [0.25, 0.3) is 0 Å². The average molecular weight is 364 g/mol. The number of nitrogens with zero attached hydrogens (tertiary/aromatic N) is 3. The van der Waals surface area contributed by atoms with Crippen LogP contribution in [0.1, 0.15) is 34.3 Å².